The summed E-state index contributed by atoms with van der Waals surface area (Å²) in [7, 11) is 0. The summed E-state index contributed by atoms with van der Waals surface area (Å²) >= 11 is 1.30. The van der Waals surface area contributed by atoms with E-state index in [1.54, 1.807) is 0 Å². The van der Waals surface area contributed by atoms with Gasteiger partial charge in [0, 0.05) is 0 Å². The first-order chi connectivity index (χ1) is 13.2. The summed E-state index contributed by atoms with van der Waals surface area (Å²) in [6.45, 7) is 13.6. The third-order valence-electron chi connectivity index (χ3n) is 5.16. The Kier molecular flexibility index (Phi) is 12.0. The summed E-state index contributed by atoms with van der Waals surface area (Å²) in [5.74, 6) is 0.924. The van der Waals surface area contributed by atoms with Gasteiger partial charge in [0.1, 0.15) is 0 Å². The molecule has 0 N–H and O–H groups in total. The van der Waals surface area contributed by atoms with Crippen LogP contribution in [0.3, 0.4) is 0 Å². The Morgan fingerprint density at radius 2 is 0.933 bits per heavy atom. The van der Waals surface area contributed by atoms with E-state index < -0.39 is 0 Å². The standard InChI is InChI=1S/2C13H15.CH2.2ClH.Zr/c2*1-13(2,3)12-9-8-10-6-4-5-7-11(10)12;;;;/h2*4-8,12H,1-3H3;1H2;2*1H;/q2*-1;;;;+2/p-2. The molecular weight excluding hydrogens is 486 g/mol. The van der Waals surface area contributed by atoms with Crippen molar-refractivity contribution in [1.29, 1.82) is 0 Å². The van der Waals surface area contributed by atoms with Crippen molar-refractivity contribution in [2.24, 2.45) is 10.8 Å². The van der Waals surface area contributed by atoms with Gasteiger partial charge in [-0.1, -0.05) is 89.8 Å². The van der Waals surface area contributed by atoms with Gasteiger partial charge < -0.3 is 24.8 Å². The van der Waals surface area contributed by atoms with E-state index in [1.807, 2.05) is 0 Å². The number of fused-ring (bicyclic) bond motifs is 2. The van der Waals surface area contributed by atoms with Crippen molar-refractivity contribution in [2.75, 3.05) is 0 Å². The van der Waals surface area contributed by atoms with Gasteiger partial charge in [0.15, 0.2) is 0 Å². The van der Waals surface area contributed by atoms with Gasteiger partial charge in [-0.3, -0.25) is 12.2 Å². The molecular formula is C27H32Cl2Zr-2. The van der Waals surface area contributed by atoms with E-state index in [4.69, 9.17) is 0 Å². The zero-order valence-corrected chi connectivity index (χ0v) is 22.9. The maximum absolute atomic E-state index is 3.44. The average Bonchev–Trinajstić information content (AvgIpc) is 3.27. The molecule has 2 unspecified atom stereocenters. The minimum absolute atomic E-state index is 0. The summed E-state index contributed by atoms with van der Waals surface area (Å²) in [5.41, 5.74) is 6.08. The predicted molar refractivity (Wildman–Crippen MR) is 120 cm³/mol. The molecule has 0 saturated carbocycles. The van der Waals surface area contributed by atoms with Crippen LogP contribution in [0.4, 0.5) is 0 Å². The molecule has 2 aromatic rings. The van der Waals surface area contributed by atoms with Crippen molar-refractivity contribution in [3.8, 4) is 0 Å². The van der Waals surface area contributed by atoms with Gasteiger partial charge in [-0.15, -0.1) is 23.3 Å². The number of hydrogen-bond acceptors (Lipinski definition) is 0. The fourth-order valence-corrected chi connectivity index (χ4v) is 3.77. The Labute approximate surface area is 211 Å². The van der Waals surface area contributed by atoms with Gasteiger partial charge in [-0.2, -0.15) is 11.1 Å². The number of rotatable bonds is 0. The first-order valence-electron chi connectivity index (χ1n) is 9.90. The monoisotopic (exact) mass is 516 g/mol. The molecule has 0 saturated heterocycles. The molecule has 2 aliphatic rings. The molecule has 0 radical (unpaired) electrons. The van der Waals surface area contributed by atoms with E-state index >= 15 is 0 Å². The van der Waals surface area contributed by atoms with Crippen molar-refractivity contribution in [3.05, 3.63) is 82.9 Å². The quantitative estimate of drug-likeness (QED) is 0.461. The van der Waals surface area contributed by atoms with Crippen LogP contribution in [0.15, 0.2) is 48.5 Å². The first-order valence-corrected chi connectivity index (χ1v) is 11.6. The summed E-state index contributed by atoms with van der Waals surface area (Å²) in [6, 6.07) is 17.1. The minimum atomic E-state index is 0. The van der Waals surface area contributed by atoms with Gasteiger partial charge in [-0.05, 0) is 10.8 Å². The molecule has 0 heterocycles. The molecule has 3 heteroatoms. The molecule has 0 spiro atoms. The molecule has 160 valence electrons. The van der Waals surface area contributed by atoms with Gasteiger partial charge in [0.2, 0.25) is 0 Å². The molecule has 0 aromatic heterocycles. The van der Waals surface area contributed by atoms with Crippen molar-refractivity contribution in [1.82, 2.24) is 0 Å². The molecule has 0 bridgehead atoms. The summed E-state index contributed by atoms with van der Waals surface area (Å²) < 4.78 is 3.34. The molecule has 30 heavy (non-hydrogen) atoms. The first kappa shape index (κ1) is 29.3. The van der Waals surface area contributed by atoms with Gasteiger partial charge >= 0.3 is 28.4 Å². The van der Waals surface area contributed by atoms with E-state index in [9.17, 15) is 0 Å². The van der Waals surface area contributed by atoms with Crippen LogP contribution in [0.25, 0.3) is 12.2 Å². The van der Waals surface area contributed by atoms with Crippen molar-refractivity contribution < 1.29 is 49.0 Å². The SMILES string of the molecule is CC(C)(C)C1[C-]=Cc2ccccc21.CC(C)(C)C1[C-]=Cc2ccccc21.[CH2]=[Zr+2].[Cl-].[Cl-]. The number of benzene rings is 2. The van der Waals surface area contributed by atoms with Crippen LogP contribution in [-0.2, 0) is 24.2 Å². The smallest absolute Gasteiger partial charge is 1.00 e. The zero-order valence-electron chi connectivity index (χ0n) is 18.9. The van der Waals surface area contributed by atoms with E-state index in [1.165, 1.54) is 46.5 Å². The van der Waals surface area contributed by atoms with Gasteiger partial charge in [0.05, 0.1) is 0 Å². The van der Waals surface area contributed by atoms with E-state index in [-0.39, 0.29) is 35.6 Å². The fraction of sp³-hybridized carbons (Fsp3) is 0.370. The van der Waals surface area contributed by atoms with E-state index in [2.05, 4.69) is 119 Å². The molecule has 0 aliphatic heterocycles. The Balaban J connectivity index is 0.000000488. The van der Waals surface area contributed by atoms with Crippen molar-refractivity contribution in [3.63, 3.8) is 0 Å². The van der Waals surface area contributed by atoms with Gasteiger partial charge in [-0.25, -0.2) is 12.2 Å². The maximum atomic E-state index is 3.44. The average molecular weight is 519 g/mol. The van der Waals surface area contributed by atoms with Gasteiger partial charge in [0.25, 0.3) is 0 Å². The zero-order chi connectivity index (χ0) is 20.9. The predicted octanol–water partition coefficient (Wildman–Crippen LogP) is 1.27. The summed E-state index contributed by atoms with van der Waals surface area (Å²) in [6.07, 6.45) is 11.1. The van der Waals surface area contributed by atoms with Crippen LogP contribution in [0.1, 0.15) is 75.6 Å². The third-order valence-corrected chi connectivity index (χ3v) is 5.16. The normalized spacial score (nSPS) is 17.9. The number of hydrogen-bond donors (Lipinski definition) is 0. The largest absolute Gasteiger partial charge is 1.00 e. The van der Waals surface area contributed by atoms with E-state index in [0.29, 0.717) is 11.8 Å². The Morgan fingerprint density at radius 3 is 1.23 bits per heavy atom. The van der Waals surface area contributed by atoms with Crippen LogP contribution in [0.5, 0.6) is 0 Å². The third kappa shape index (κ3) is 7.15. The molecule has 2 aromatic carbocycles. The van der Waals surface area contributed by atoms with Crippen molar-refractivity contribution >= 4 is 16.4 Å². The summed E-state index contributed by atoms with van der Waals surface area (Å²) in [4.78, 5) is 0. The maximum Gasteiger partial charge on any atom is -1.00 e. The van der Waals surface area contributed by atoms with Crippen molar-refractivity contribution in [2.45, 2.75) is 53.4 Å². The second kappa shape index (κ2) is 12.3. The molecule has 0 amide bonds. The second-order valence-corrected chi connectivity index (χ2v) is 9.48. The Morgan fingerprint density at radius 1 is 0.633 bits per heavy atom. The molecule has 0 nitrogen and oxygen atoms in total. The molecule has 2 aliphatic carbocycles. The molecule has 2 atom stereocenters. The Hall–Kier alpha value is -0.747. The summed E-state index contributed by atoms with van der Waals surface area (Å²) in [5, 5.41) is 0. The van der Waals surface area contributed by atoms with Crippen LogP contribution in [-0.4, -0.2) is 4.21 Å². The molecule has 0 fully saturated rings. The van der Waals surface area contributed by atoms with Crippen LogP contribution < -0.4 is 24.8 Å². The van der Waals surface area contributed by atoms with Crippen LogP contribution >= 0.6 is 0 Å². The Bertz CT molecular complexity index is 782. The van der Waals surface area contributed by atoms with Crippen LogP contribution in [0.2, 0.25) is 0 Å². The van der Waals surface area contributed by atoms with E-state index in [0.717, 1.165) is 0 Å². The fourth-order valence-electron chi connectivity index (χ4n) is 3.77. The number of halogens is 2. The minimum Gasteiger partial charge on any atom is -1.00 e. The second-order valence-electron chi connectivity index (χ2n) is 9.48. The number of allylic oxidation sites excluding steroid dienone is 2. The topological polar surface area (TPSA) is 0 Å². The van der Waals surface area contributed by atoms with Crippen LogP contribution in [0, 0.1) is 23.0 Å². The molecule has 4 rings (SSSR count).